The molecule has 2 rings (SSSR count). The third-order valence-electron chi connectivity index (χ3n) is 3.81. The first-order valence-electron chi connectivity index (χ1n) is 7.99. The third-order valence-corrected chi connectivity index (χ3v) is 3.81. The molecule has 2 heteroatoms. The molecular formula is C20H28O2. The van der Waals surface area contributed by atoms with Gasteiger partial charge in [0.05, 0.1) is 0 Å². The van der Waals surface area contributed by atoms with E-state index >= 15 is 0 Å². The number of rotatable bonds is 5. The zero-order chi connectivity index (χ0) is 16.4. The Morgan fingerprint density at radius 1 is 0.773 bits per heavy atom. The van der Waals surface area contributed by atoms with Crippen LogP contribution in [0.25, 0.3) is 0 Å². The van der Waals surface area contributed by atoms with Crippen molar-refractivity contribution in [3.63, 3.8) is 0 Å². The number of aromatic hydroxyl groups is 2. The average Bonchev–Trinajstić information content (AvgIpc) is 2.49. The van der Waals surface area contributed by atoms with Crippen LogP contribution in [0, 0.1) is 0 Å². The molecule has 0 amide bonds. The molecule has 0 aliphatic heterocycles. The molecule has 22 heavy (non-hydrogen) atoms. The fourth-order valence-corrected chi connectivity index (χ4v) is 2.30. The maximum atomic E-state index is 9.24. The molecule has 2 N–H and O–H groups in total. The summed E-state index contributed by atoms with van der Waals surface area (Å²) in [6.45, 7) is 6.78. The fourth-order valence-electron chi connectivity index (χ4n) is 2.30. The highest BCUT2D eigenvalue weighted by molar-refractivity contribution is 5.30. The van der Waals surface area contributed by atoms with Crippen molar-refractivity contribution in [1.29, 1.82) is 0 Å². The van der Waals surface area contributed by atoms with E-state index in [0.717, 1.165) is 0 Å². The Labute approximate surface area is 134 Å². The number of benzene rings is 2. The summed E-state index contributed by atoms with van der Waals surface area (Å²) in [4.78, 5) is 0. The molecule has 2 aromatic carbocycles. The van der Waals surface area contributed by atoms with Crippen molar-refractivity contribution in [3.05, 3.63) is 60.2 Å². The van der Waals surface area contributed by atoms with Crippen LogP contribution in [0.2, 0.25) is 0 Å². The smallest absolute Gasteiger partial charge is 0.115 e. The van der Waals surface area contributed by atoms with Gasteiger partial charge in [0.25, 0.3) is 0 Å². The van der Waals surface area contributed by atoms with Gasteiger partial charge >= 0.3 is 0 Å². The molecule has 0 atom stereocenters. The minimum Gasteiger partial charge on any atom is -0.508 e. The van der Waals surface area contributed by atoms with E-state index in [9.17, 15) is 5.11 Å². The van der Waals surface area contributed by atoms with Crippen molar-refractivity contribution in [3.8, 4) is 11.5 Å². The molecule has 0 aromatic heterocycles. The summed E-state index contributed by atoms with van der Waals surface area (Å²) < 4.78 is 0. The summed E-state index contributed by atoms with van der Waals surface area (Å²) in [7, 11) is 0. The van der Waals surface area contributed by atoms with Gasteiger partial charge in [0.2, 0.25) is 0 Å². The van der Waals surface area contributed by atoms with E-state index in [0.29, 0.717) is 11.5 Å². The van der Waals surface area contributed by atoms with Crippen LogP contribution in [0.4, 0.5) is 0 Å². The molecule has 0 unspecified atom stereocenters. The molecule has 0 radical (unpaired) electrons. The highest BCUT2D eigenvalue weighted by atomic mass is 16.3. The Hall–Kier alpha value is -1.96. The zero-order valence-corrected chi connectivity index (χ0v) is 13.9. The fraction of sp³-hybridized carbons (Fsp3) is 0.400. The van der Waals surface area contributed by atoms with Gasteiger partial charge in [-0.05, 0) is 41.7 Å². The van der Waals surface area contributed by atoms with Gasteiger partial charge in [-0.2, -0.15) is 0 Å². The summed E-state index contributed by atoms with van der Waals surface area (Å²) in [6, 6.07) is 16.3. The van der Waals surface area contributed by atoms with Gasteiger partial charge in [-0.25, -0.2) is 0 Å². The highest BCUT2D eigenvalue weighted by Gasteiger charge is 2.19. The van der Waals surface area contributed by atoms with Crippen LogP contribution in [0.1, 0.15) is 52.0 Å². The maximum absolute atomic E-state index is 9.24. The molecule has 0 fully saturated rings. The lowest BCUT2D eigenvalue weighted by atomic mass is 9.80. The Morgan fingerprint density at radius 3 is 1.77 bits per heavy atom. The van der Waals surface area contributed by atoms with Crippen LogP contribution in [0.5, 0.6) is 11.5 Å². The molecule has 0 heterocycles. The van der Waals surface area contributed by atoms with Gasteiger partial charge in [0.1, 0.15) is 11.5 Å². The number of unbranched alkanes of at least 4 members (excludes halogenated alkanes) is 2. The van der Waals surface area contributed by atoms with Crippen molar-refractivity contribution in [2.75, 3.05) is 0 Å². The van der Waals surface area contributed by atoms with Crippen molar-refractivity contribution >= 4 is 0 Å². The minimum absolute atomic E-state index is 0.225. The summed E-state index contributed by atoms with van der Waals surface area (Å²) in [5.74, 6) is 0.672. The topological polar surface area (TPSA) is 40.5 Å². The van der Waals surface area contributed by atoms with Crippen LogP contribution >= 0.6 is 0 Å². The van der Waals surface area contributed by atoms with Gasteiger partial charge < -0.3 is 10.2 Å². The number of hydrogen-bond acceptors (Lipinski definition) is 2. The Balaban J connectivity index is 0.000000287. The highest BCUT2D eigenvalue weighted by Crippen LogP contribution is 2.30. The van der Waals surface area contributed by atoms with E-state index in [1.165, 1.54) is 31.2 Å². The lowest BCUT2D eigenvalue weighted by molar-refractivity contribution is 0.447. The van der Waals surface area contributed by atoms with Crippen molar-refractivity contribution in [1.82, 2.24) is 0 Å². The van der Waals surface area contributed by atoms with Crippen molar-refractivity contribution in [2.24, 2.45) is 0 Å². The summed E-state index contributed by atoms with van der Waals surface area (Å²) >= 11 is 0. The summed E-state index contributed by atoms with van der Waals surface area (Å²) in [5, 5.41) is 17.9. The van der Waals surface area contributed by atoms with E-state index in [2.05, 4.69) is 20.8 Å². The van der Waals surface area contributed by atoms with Crippen LogP contribution in [-0.2, 0) is 5.41 Å². The van der Waals surface area contributed by atoms with Crippen molar-refractivity contribution < 1.29 is 10.2 Å². The summed E-state index contributed by atoms with van der Waals surface area (Å²) in [5.41, 5.74) is 1.54. The number of para-hydroxylation sites is 1. The van der Waals surface area contributed by atoms with E-state index in [1.54, 1.807) is 36.4 Å². The SMILES string of the molecule is CCCCCC(C)(C)c1ccc(O)cc1.Oc1ccccc1. The monoisotopic (exact) mass is 300 g/mol. The van der Waals surface area contributed by atoms with Gasteiger partial charge in [-0.3, -0.25) is 0 Å². The molecular weight excluding hydrogens is 272 g/mol. The predicted octanol–water partition coefficient (Wildman–Crippen LogP) is 5.64. The normalized spacial score (nSPS) is 10.7. The first kappa shape index (κ1) is 18.1. The predicted molar refractivity (Wildman–Crippen MR) is 93.4 cm³/mol. The largest absolute Gasteiger partial charge is 0.508 e. The molecule has 0 spiro atoms. The van der Waals surface area contributed by atoms with Crippen LogP contribution in [-0.4, -0.2) is 10.2 Å². The quantitative estimate of drug-likeness (QED) is 0.701. The number of phenolic OH excluding ortho intramolecular Hbond substituents is 2. The molecule has 0 bridgehead atoms. The van der Waals surface area contributed by atoms with E-state index in [1.807, 2.05) is 18.2 Å². The van der Waals surface area contributed by atoms with E-state index < -0.39 is 0 Å². The molecule has 0 saturated carbocycles. The second-order valence-corrected chi connectivity index (χ2v) is 6.22. The van der Waals surface area contributed by atoms with Gasteiger partial charge in [-0.15, -0.1) is 0 Å². The Bertz CT molecular complexity index is 515. The minimum atomic E-state index is 0.225. The molecule has 0 saturated heterocycles. The van der Waals surface area contributed by atoms with Gasteiger partial charge in [-0.1, -0.05) is 70.4 Å². The van der Waals surface area contributed by atoms with E-state index in [4.69, 9.17) is 5.11 Å². The second-order valence-electron chi connectivity index (χ2n) is 6.22. The van der Waals surface area contributed by atoms with Crippen molar-refractivity contribution in [2.45, 2.75) is 51.9 Å². The second kappa shape index (κ2) is 9.14. The van der Waals surface area contributed by atoms with Gasteiger partial charge in [0.15, 0.2) is 0 Å². The van der Waals surface area contributed by atoms with Gasteiger partial charge in [0, 0.05) is 0 Å². The first-order valence-corrected chi connectivity index (χ1v) is 7.99. The Morgan fingerprint density at radius 2 is 1.32 bits per heavy atom. The van der Waals surface area contributed by atoms with E-state index in [-0.39, 0.29) is 5.41 Å². The van der Waals surface area contributed by atoms with Crippen LogP contribution < -0.4 is 0 Å². The number of hydrogen-bond donors (Lipinski definition) is 2. The lowest BCUT2D eigenvalue weighted by Crippen LogP contribution is -2.16. The lowest BCUT2D eigenvalue weighted by Gasteiger charge is -2.25. The molecule has 120 valence electrons. The van der Waals surface area contributed by atoms with Crippen LogP contribution in [0.3, 0.4) is 0 Å². The number of phenols is 2. The molecule has 2 aromatic rings. The van der Waals surface area contributed by atoms with Crippen LogP contribution in [0.15, 0.2) is 54.6 Å². The standard InChI is InChI=1S/C14H22O.C6H6O/c1-4-5-6-11-14(2,3)12-7-9-13(15)10-8-12;7-6-4-2-1-3-5-6/h7-10,15H,4-6,11H2,1-3H3;1-5,7H. The zero-order valence-electron chi connectivity index (χ0n) is 13.9. The Kier molecular flexibility index (Phi) is 7.51. The maximum Gasteiger partial charge on any atom is 0.115 e. The molecule has 2 nitrogen and oxygen atoms in total. The first-order chi connectivity index (χ1) is 10.5. The summed E-state index contributed by atoms with van der Waals surface area (Å²) in [6.07, 6.45) is 5.07. The average molecular weight is 300 g/mol. The third kappa shape index (κ3) is 6.66. The molecule has 0 aliphatic rings. The molecule has 0 aliphatic carbocycles.